The third-order valence-electron chi connectivity index (χ3n) is 4.81. The first-order valence-electron chi connectivity index (χ1n) is 8.77. The second kappa shape index (κ2) is 7.09. The highest BCUT2D eigenvalue weighted by Crippen LogP contribution is 2.24. The molecule has 0 saturated carbocycles. The third-order valence-corrected chi connectivity index (χ3v) is 6.23. The molecule has 0 unspecified atom stereocenters. The van der Waals surface area contributed by atoms with E-state index in [0.717, 1.165) is 24.8 Å². The summed E-state index contributed by atoms with van der Waals surface area (Å²) in [5.74, 6) is 0.654. The van der Waals surface area contributed by atoms with Gasteiger partial charge in [0.15, 0.2) is 0 Å². The predicted molar refractivity (Wildman–Crippen MR) is 97.3 cm³/mol. The van der Waals surface area contributed by atoms with Gasteiger partial charge in [-0.1, -0.05) is 6.07 Å². The molecule has 6 nitrogen and oxygen atoms in total. The van der Waals surface area contributed by atoms with Gasteiger partial charge < -0.3 is 4.42 Å². The largest absolute Gasteiger partial charge is 0.467 e. The van der Waals surface area contributed by atoms with Gasteiger partial charge in [-0.2, -0.15) is 5.10 Å². The minimum atomic E-state index is -3.60. The van der Waals surface area contributed by atoms with Crippen LogP contribution in [0.5, 0.6) is 0 Å². The molecule has 1 aliphatic rings. The van der Waals surface area contributed by atoms with E-state index >= 15 is 0 Å². The fourth-order valence-corrected chi connectivity index (χ4v) is 4.51. The summed E-state index contributed by atoms with van der Waals surface area (Å²) >= 11 is 0. The van der Waals surface area contributed by atoms with Crippen LogP contribution in [0, 0.1) is 0 Å². The van der Waals surface area contributed by atoms with Crippen LogP contribution in [0.15, 0.2) is 64.4 Å². The molecule has 0 bridgehead atoms. The van der Waals surface area contributed by atoms with Gasteiger partial charge >= 0.3 is 0 Å². The minimum absolute atomic E-state index is 0.161. The predicted octanol–water partition coefficient (Wildman–Crippen LogP) is 2.92. The first kappa shape index (κ1) is 17.1. The molecule has 0 radical (unpaired) electrons. The maximum Gasteiger partial charge on any atom is 0.240 e. The topological polar surface area (TPSA) is 77.1 Å². The molecule has 4 rings (SSSR count). The lowest BCUT2D eigenvalue weighted by Gasteiger charge is -2.18. The minimum Gasteiger partial charge on any atom is -0.467 e. The van der Waals surface area contributed by atoms with E-state index in [9.17, 15) is 8.42 Å². The number of aryl methyl sites for hydroxylation is 2. The van der Waals surface area contributed by atoms with Crippen molar-refractivity contribution in [2.75, 3.05) is 6.54 Å². The number of hydrogen-bond donors (Lipinski definition) is 1. The van der Waals surface area contributed by atoms with E-state index in [1.54, 1.807) is 41.5 Å². The second-order valence-corrected chi connectivity index (χ2v) is 8.27. The number of benzene rings is 1. The standard InChI is InChI=1S/C19H21N3O3S/c23-26(24,17-9-8-15-5-1-2-6-16(15)13-17)21-14-18(19-7-3-12-25-19)22-11-4-10-20-22/h3-4,7-13,18,21H,1-2,5-6,14H2/t18-/m1/s1. The Morgan fingerprint density at radius 3 is 2.73 bits per heavy atom. The molecule has 136 valence electrons. The quantitative estimate of drug-likeness (QED) is 0.723. The molecule has 1 atom stereocenters. The zero-order chi connectivity index (χ0) is 18.0. The van der Waals surface area contributed by atoms with Crippen molar-refractivity contribution in [1.29, 1.82) is 0 Å². The fourth-order valence-electron chi connectivity index (χ4n) is 3.42. The number of sulfonamides is 1. The molecular weight excluding hydrogens is 350 g/mol. The number of hydrogen-bond acceptors (Lipinski definition) is 4. The van der Waals surface area contributed by atoms with Gasteiger partial charge in [-0.25, -0.2) is 13.1 Å². The summed E-state index contributed by atoms with van der Waals surface area (Å²) in [6.45, 7) is 0.161. The van der Waals surface area contributed by atoms with Crippen LogP contribution < -0.4 is 4.72 Å². The molecule has 0 spiro atoms. The first-order chi connectivity index (χ1) is 12.6. The number of fused-ring (bicyclic) bond motifs is 1. The second-order valence-electron chi connectivity index (χ2n) is 6.51. The molecular formula is C19H21N3O3S. The number of nitrogens with one attached hydrogen (secondary N) is 1. The maximum absolute atomic E-state index is 12.8. The van der Waals surface area contributed by atoms with Gasteiger partial charge in [-0.15, -0.1) is 0 Å². The van der Waals surface area contributed by atoms with Gasteiger partial charge in [-0.05, 0) is 67.1 Å². The lowest BCUT2D eigenvalue weighted by atomic mass is 9.92. The lowest BCUT2D eigenvalue weighted by molar-refractivity contribution is 0.402. The maximum atomic E-state index is 12.8. The molecule has 2 aromatic heterocycles. The Kier molecular flexibility index (Phi) is 4.65. The Balaban J connectivity index is 1.55. The van der Waals surface area contributed by atoms with Crippen molar-refractivity contribution in [1.82, 2.24) is 14.5 Å². The van der Waals surface area contributed by atoms with Crippen LogP contribution in [0.25, 0.3) is 0 Å². The van der Waals surface area contributed by atoms with Crippen molar-refractivity contribution < 1.29 is 12.8 Å². The summed E-state index contributed by atoms with van der Waals surface area (Å²) in [6, 6.07) is 10.5. The normalized spacial score (nSPS) is 15.5. The van der Waals surface area contributed by atoms with Gasteiger partial charge in [0, 0.05) is 18.9 Å². The molecule has 0 amide bonds. The van der Waals surface area contributed by atoms with Crippen LogP contribution in [0.1, 0.15) is 35.8 Å². The van der Waals surface area contributed by atoms with Crippen LogP contribution in [0.3, 0.4) is 0 Å². The molecule has 0 aliphatic heterocycles. The highest BCUT2D eigenvalue weighted by atomic mass is 32.2. The number of nitrogens with zero attached hydrogens (tertiary/aromatic N) is 2. The van der Waals surface area contributed by atoms with Gasteiger partial charge in [0.25, 0.3) is 0 Å². The lowest BCUT2D eigenvalue weighted by Crippen LogP contribution is -2.31. The average Bonchev–Trinajstić information content (AvgIpc) is 3.36. The average molecular weight is 371 g/mol. The Morgan fingerprint density at radius 2 is 2.00 bits per heavy atom. The molecule has 1 N–H and O–H groups in total. The van der Waals surface area contributed by atoms with Gasteiger partial charge in [0.2, 0.25) is 10.0 Å². The van der Waals surface area contributed by atoms with E-state index in [-0.39, 0.29) is 12.6 Å². The van der Waals surface area contributed by atoms with Gasteiger partial charge in [0.05, 0.1) is 11.2 Å². The van der Waals surface area contributed by atoms with Crippen molar-refractivity contribution in [2.24, 2.45) is 0 Å². The zero-order valence-electron chi connectivity index (χ0n) is 14.3. The van der Waals surface area contributed by atoms with Crippen molar-refractivity contribution in [3.8, 4) is 0 Å². The van der Waals surface area contributed by atoms with Gasteiger partial charge in [0.1, 0.15) is 11.8 Å². The summed E-state index contributed by atoms with van der Waals surface area (Å²) in [7, 11) is -3.60. The van der Waals surface area contributed by atoms with Crippen molar-refractivity contribution in [3.63, 3.8) is 0 Å². The van der Waals surface area contributed by atoms with Crippen LogP contribution in [-0.2, 0) is 22.9 Å². The SMILES string of the molecule is O=S(=O)(NC[C@H](c1ccco1)n1cccn1)c1ccc2c(c1)CCCC2. The molecule has 1 aromatic carbocycles. The van der Waals surface area contributed by atoms with Crippen molar-refractivity contribution in [2.45, 2.75) is 36.6 Å². The third kappa shape index (κ3) is 3.45. The van der Waals surface area contributed by atoms with Crippen LogP contribution in [-0.4, -0.2) is 24.7 Å². The molecule has 3 aromatic rings. The van der Waals surface area contributed by atoms with E-state index in [0.29, 0.717) is 10.7 Å². The summed E-state index contributed by atoms with van der Waals surface area (Å²) in [6.07, 6.45) is 9.29. The monoisotopic (exact) mass is 371 g/mol. The summed E-state index contributed by atoms with van der Waals surface area (Å²) in [5.41, 5.74) is 2.41. The molecule has 2 heterocycles. The fraction of sp³-hybridized carbons (Fsp3) is 0.316. The van der Waals surface area contributed by atoms with E-state index in [4.69, 9.17) is 4.42 Å². The Bertz CT molecular complexity index is 929. The highest BCUT2D eigenvalue weighted by Gasteiger charge is 2.22. The molecule has 0 fully saturated rings. The molecule has 0 saturated heterocycles. The molecule has 26 heavy (non-hydrogen) atoms. The van der Waals surface area contributed by atoms with Crippen LogP contribution >= 0.6 is 0 Å². The van der Waals surface area contributed by atoms with Crippen LogP contribution in [0.4, 0.5) is 0 Å². The summed E-state index contributed by atoms with van der Waals surface area (Å²) in [4.78, 5) is 0.316. The molecule has 1 aliphatic carbocycles. The summed E-state index contributed by atoms with van der Waals surface area (Å²) in [5, 5.41) is 4.23. The van der Waals surface area contributed by atoms with Crippen LogP contribution in [0.2, 0.25) is 0 Å². The number of rotatable bonds is 6. The van der Waals surface area contributed by atoms with E-state index in [1.807, 2.05) is 18.2 Å². The Hall–Kier alpha value is -2.38. The first-order valence-corrected chi connectivity index (χ1v) is 10.3. The number of furan rings is 1. The summed E-state index contributed by atoms with van der Waals surface area (Å²) < 4.78 is 35.4. The molecule has 7 heteroatoms. The van der Waals surface area contributed by atoms with E-state index in [1.165, 1.54) is 12.0 Å². The number of aromatic nitrogens is 2. The van der Waals surface area contributed by atoms with Crippen molar-refractivity contribution in [3.05, 3.63) is 71.9 Å². The Morgan fingerprint density at radius 1 is 1.15 bits per heavy atom. The van der Waals surface area contributed by atoms with Crippen molar-refractivity contribution >= 4 is 10.0 Å². The Labute approximate surface area is 152 Å². The smallest absolute Gasteiger partial charge is 0.240 e. The zero-order valence-corrected chi connectivity index (χ0v) is 15.2. The van der Waals surface area contributed by atoms with E-state index in [2.05, 4.69) is 9.82 Å². The highest BCUT2D eigenvalue weighted by molar-refractivity contribution is 7.89. The van der Waals surface area contributed by atoms with Gasteiger partial charge in [-0.3, -0.25) is 4.68 Å². The van der Waals surface area contributed by atoms with E-state index < -0.39 is 10.0 Å².